The molecular formula is C15H19N3O2. The molecule has 1 amide bonds. The summed E-state index contributed by atoms with van der Waals surface area (Å²) >= 11 is 0. The molecule has 0 fully saturated rings. The van der Waals surface area contributed by atoms with E-state index in [0.29, 0.717) is 11.3 Å². The van der Waals surface area contributed by atoms with Crippen LogP contribution in [-0.4, -0.2) is 11.1 Å². The fourth-order valence-electron chi connectivity index (χ4n) is 2.24. The predicted molar refractivity (Wildman–Crippen MR) is 77.4 cm³/mol. The molecule has 2 rings (SSSR count). The average Bonchev–Trinajstić information content (AvgIpc) is 2.72. The van der Waals surface area contributed by atoms with Crippen LogP contribution in [0, 0.1) is 20.8 Å². The third kappa shape index (κ3) is 2.66. The van der Waals surface area contributed by atoms with E-state index >= 15 is 0 Å². The Labute approximate surface area is 118 Å². The summed E-state index contributed by atoms with van der Waals surface area (Å²) in [4.78, 5) is 12.2. The highest BCUT2D eigenvalue weighted by Gasteiger charge is 2.19. The van der Waals surface area contributed by atoms with Crippen molar-refractivity contribution < 1.29 is 9.32 Å². The molecule has 0 saturated heterocycles. The maximum Gasteiger partial charge on any atom is 0.251 e. The van der Waals surface area contributed by atoms with E-state index in [9.17, 15) is 4.79 Å². The fraction of sp³-hybridized carbons (Fsp3) is 0.333. The van der Waals surface area contributed by atoms with Crippen molar-refractivity contribution in [2.24, 2.45) is 0 Å². The van der Waals surface area contributed by atoms with Crippen molar-refractivity contribution in [3.8, 4) is 0 Å². The molecule has 0 bridgehead atoms. The number of amides is 1. The van der Waals surface area contributed by atoms with Crippen molar-refractivity contribution in [1.29, 1.82) is 0 Å². The number of rotatable bonds is 3. The van der Waals surface area contributed by atoms with Crippen LogP contribution in [0.2, 0.25) is 0 Å². The van der Waals surface area contributed by atoms with Crippen molar-refractivity contribution in [2.75, 3.05) is 5.73 Å². The Hall–Kier alpha value is -2.30. The molecule has 1 aromatic heterocycles. The molecule has 2 aromatic rings. The van der Waals surface area contributed by atoms with Gasteiger partial charge in [-0.15, -0.1) is 0 Å². The van der Waals surface area contributed by atoms with Gasteiger partial charge in [-0.05, 0) is 45.4 Å². The van der Waals surface area contributed by atoms with Gasteiger partial charge in [0.1, 0.15) is 5.76 Å². The van der Waals surface area contributed by atoms with Crippen molar-refractivity contribution in [2.45, 2.75) is 33.7 Å². The summed E-state index contributed by atoms with van der Waals surface area (Å²) in [5.74, 6) is 0.558. The maximum absolute atomic E-state index is 12.2. The summed E-state index contributed by atoms with van der Waals surface area (Å²) < 4.78 is 5.12. The van der Waals surface area contributed by atoms with Gasteiger partial charge in [0.15, 0.2) is 0 Å². The summed E-state index contributed by atoms with van der Waals surface area (Å²) in [6.07, 6.45) is 0. The lowest BCUT2D eigenvalue weighted by atomic mass is 10.1. The molecule has 0 radical (unpaired) electrons. The van der Waals surface area contributed by atoms with Crippen LogP contribution in [0.5, 0.6) is 0 Å². The van der Waals surface area contributed by atoms with Gasteiger partial charge in [0, 0.05) is 16.8 Å². The molecule has 5 nitrogen and oxygen atoms in total. The quantitative estimate of drug-likeness (QED) is 0.842. The van der Waals surface area contributed by atoms with Crippen LogP contribution >= 0.6 is 0 Å². The van der Waals surface area contributed by atoms with Crippen LogP contribution in [0.3, 0.4) is 0 Å². The molecule has 1 aromatic carbocycles. The highest BCUT2D eigenvalue weighted by molar-refractivity contribution is 5.95. The van der Waals surface area contributed by atoms with Crippen molar-refractivity contribution in [3.63, 3.8) is 0 Å². The van der Waals surface area contributed by atoms with E-state index in [1.54, 1.807) is 12.1 Å². The number of carbonyl (C=O) groups is 1. The smallest absolute Gasteiger partial charge is 0.251 e. The van der Waals surface area contributed by atoms with Gasteiger partial charge < -0.3 is 15.6 Å². The Morgan fingerprint density at radius 1 is 1.35 bits per heavy atom. The predicted octanol–water partition coefficient (Wildman–Crippen LogP) is 2.67. The second kappa shape index (κ2) is 5.36. The topological polar surface area (TPSA) is 81.2 Å². The Bertz CT molecular complexity index is 627. The first-order valence-electron chi connectivity index (χ1n) is 6.50. The zero-order valence-corrected chi connectivity index (χ0v) is 12.2. The number of benzene rings is 1. The van der Waals surface area contributed by atoms with Gasteiger partial charge in [0.25, 0.3) is 5.91 Å². The third-order valence-electron chi connectivity index (χ3n) is 3.41. The van der Waals surface area contributed by atoms with E-state index in [2.05, 4.69) is 10.5 Å². The molecule has 106 valence electrons. The Balaban J connectivity index is 2.17. The molecule has 1 unspecified atom stereocenters. The summed E-state index contributed by atoms with van der Waals surface area (Å²) in [6, 6.07) is 5.12. The molecule has 0 saturated carbocycles. The number of aryl methyl sites for hydroxylation is 3. The van der Waals surface area contributed by atoms with E-state index in [1.807, 2.05) is 33.8 Å². The zero-order chi connectivity index (χ0) is 14.9. The average molecular weight is 273 g/mol. The molecule has 1 heterocycles. The third-order valence-corrected chi connectivity index (χ3v) is 3.41. The number of nitrogens with two attached hydrogens (primary N) is 1. The molecule has 0 aliphatic heterocycles. The SMILES string of the molecule is Cc1ccc(C(=O)NC(C)c2c(C)noc2C)cc1N. The highest BCUT2D eigenvalue weighted by Crippen LogP contribution is 2.21. The summed E-state index contributed by atoms with van der Waals surface area (Å²) in [5, 5.41) is 6.83. The normalized spacial score (nSPS) is 12.2. The largest absolute Gasteiger partial charge is 0.398 e. The van der Waals surface area contributed by atoms with Crippen LogP contribution in [0.25, 0.3) is 0 Å². The monoisotopic (exact) mass is 273 g/mol. The van der Waals surface area contributed by atoms with Gasteiger partial charge in [-0.2, -0.15) is 0 Å². The number of nitrogen functional groups attached to an aromatic ring is 1. The lowest BCUT2D eigenvalue weighted by Crippen LogP contribution is -2.27. The Morgan fingerprint density at radius 3 is 2.60 bits per heavy atom. The Morgan fingerprint density at radius 2 is 2.05 bits per heavy atom. The number of hydrogen-bond acceptors (Lipinski definition) is 4. The first-order valence-corrected chi connectivity index (χ1v) is 6.50. The molecule has 20 heavy (non-hydrogen) atoms. The minimum atomic E-state index is -0.170. The highest BCUT2D eigenvalue weighted by atomic mass is 16.5. The van der Waals surface area contributed by atoms with E-state index in [-0.39, 0.29) is 11.9 Å². The van der Waals surface area contributed by atoms with E-state index in [1.165, 1.54) is 0 Å². The number of aromatic nitrogens is 1. The fourth-order valence-corrected chi connectivity index (χ4v) is 2.24. The lowest BCUT2D eigenvalue weighted by molar-refractivity contribution is 0.0939. The van der Waals surface area contributed by atoms with Crippen LogP contribution < -0.4 is 11.1 Å². The summed E-state index contributed by atoms with van der Waals surface area (Å²) in [7, 11) is 0. The molecule has 0 aliphatic rings. The van der Waals surface area contributed by atoms with Crippen LogP contribution in [-0.2, 0) is 0 Å². The van der Waals surface area contributed by atoms with Gasteiger partial charge in [-0.1, -0.05) is 11.2 Å². The van der Waals surface area contributed by atoms with Gasteiger partial charge in [0.2, 0.25) is 0 Å². The zero-order valence-electron chi connectivity index (χ0n) is 12.2. The number of nitrogens with one attached hydrogen (secondary N) is 1. The first-order chi connectivity index (χ1) is 9.40. The number of hydrogen-bond donors (Lipinski definition) is 2. The standard InChI is InChI=1S/C15H19N3O2/c1-8-5-6-12(7-13(8)16)15(19)17-9(2)14-10(3)18-20-11(14)4/h5-7,9H,16H2,1-4H3,(H,17,19). The van der Waals surface area contributed by atoms with Gasteiger partial charge >= 0.3 is 0 Å². The minimum Gasteiger partial charge on any atom is -0.398 e. The van der Waals surface area contributed by atoms with Gasteiger partial charge in [0.05, 0.1) is 11.7 Å². The van der Waals surface area contributed by atoms with E-state index in [0.717, 1.165) is 22.6 Å². The second-order valence-corrected chi connectivity index (χ2v) is 5.00. The van der Waals surface area contributed by atoms with Gasteiger partial charge in [-0.25, -0.2) is 0 Å². The van der Waals surface area contributed by atoms with Crippen LogP contribution in [0.15, 0.2) is 22.7 Å². The first kappa shape index (κ1) is 14.1. The van der Waals surface area contributed by atoms with Crippen LogP contribution in [0.1, 0.15) is 45.9 Å². The van der Waals surface area contributed by atoms with Crippen molar-refractivity contribution in [1.82, 2.24) is 10.5 Å². The van der Waals surface area contributed by atoms with E-state index in [4.69, 9.17) is 10.3 Å². The van der Waals surface area contributed by atoms with Gasteiger partial charge in [-0.3, -0.25) is 4.79 Å². The van der Waals surface area contributed by atoms with Crippen molar-refractivity contribution in [3.05, 3.63) is 46.3 Å². The lowest BCUT2D eigenvalue weighted by Gasteiger charge is -2.14. The molecule has 5 heteroatoms. The summed E-state index contributed by atoms with van der Waals surface area (Å²) in [6.45, 7) is 7.51. The second-order valence-electron chi connectivity index (χ2n) is 5.00. The number of carbonyl (C=O) groups excluding carboxylic acids is 1. The van der Waals surface area contributed by atoms with Crippen LogP contribution in [0.4, 0.5) is 5.69 Å². The number of anilines is 1. The maximum atomic E-state index is 12.2. The molecule has 3 N–H and O–H groups in total. The molecule has 1 atom stereocenters. The Kier molecular flexibility index (Phi) is 3.79. The van der Waals surface area contributed by atoms with Crippen molar-refractivity contribution >= 4 is 11.6 Å². The number of nitrogens with zero attached hydrogens (tertiary/aromatic N) is 1. The molecule has 0 spiro atoms. The summed E-state index contributed by atoms with van der Waals surface area (Å²) in [5.41, 5.74) is 9.65. The molecular weight excluding hydrogens is 254 g/mol. The molecule has 0 aliphatic carbocycles. The van der Waals surface area contributed by atoms with E-state index < -0.39 is 0 Å². The minimum absolute atomic E-state index is 0.163.